The van der Waals surface area contributed by atoms with Crippen molar-refractivity contribution in [2.75, 3.05) is 5.73 Å². The van der Waals surface area contributed by atoms with Crippen LogP contribution in [0.3, 0.4) is 0 Å². The monoisotopic (exact) mass is 455 g/mol. The molecular weight excluding hydrogens is 445 g/mol. The molecule has 120 valence electrons. The third-order valence-corrected chi connectivity index (χ3v) is 4.76. The number of nitrogens with zero attached hydrogens (tertiary/aromatic N) is 2. The van der Waals surface area contributed by atoms with Crippen molar-refractivity contribution in [2.24, 2.45) is 5.73 Å². The molecule has 2 rings (SSSR count). The minimum atomic E-state index is -1.14. The summed E-state index contributed by atoms with van der Waals surface area (Å²) < 4.78 is 2.43. The van der Waals surface area contributed by atoms with E-state index in [0.29, 0.717) is 14.8 Å². The molecule has 0 spiro atoms. The number of anilines is 1. The lowest BCUT2D eigenvalue weighted by atomic mass is 10.1. The van der Waals surface area contributed by atoms with E-state index in [1.165, 1.54) is 16.8 Å². The first kappa shape index (κ1) is 18.5. The number of nitrogens with one attached hydrogen (secondary N) is 1. The zero-order valence-electron chi connectivity index (χ0n) is 10.9. The Morgan fingerprint density at radius 1 is 1.45 bits per heavy atom. The first-order valence-electron chi connectivity index (χ1n) is 5.69. The summed E-state index contributed by atoms with van der Waals surface area (Å²) in [4.78, 5) is 29.5. The zero-order chi connectivity index (χ0) is 15.7. The Bertz CT molecular complexity index is 715. The molecule has 0 bridgehead atoms. The average molecular weight is 458 g/mol. The van der Waals surface area contributed by atoms with Gasteiger partial charge in [0.2, 0.25) is 5.91 Å². The molecule has 2 aromatic rings. The van der Waals surface area contributed by atoms with E-state index >= 15 is 0 Å². The lowest BCUT2D eigenvalue weighted by molar-refractivity contribution is -0.118. The van der Waals surface area contributed by atoms with Gasteiger partial charge in [0, 0.05) is 6.20 Å². The number of hydrogen-bond donors (Lipinski definition) is 4. The number of imidazole rings is 1. The van der Waals surface area contributed by atoms with Gasteiger partial charge in [-0.1, -0.05) is 0 Å². The number of aromatic nitrogens is 3. The summed E-state index contributed by atoms with van der Waals surface area (Å²) in [7, 11) is 0. The summed E-state index contributed by atoms with van der Waals surface area (Å²) in [6, 6.07) is 0.735. The van der Waals surface area contributed by atoms with Crippen molar-refractivity contribution in [3.63, 3.8) is 0 Å². The van der Waals surface area contributed by atoms with Crippen molar-refractivity contribution in [3.05, 3.63) is 32.7 Å². The van der Waals surface area contributed by atoms with Gasteiger partial charge in [-0.15, -0.1) is 12.4 Å². The van der Waals surface area contributed by atoms with Gasteiger partial charge in [-0.25, -0.2) is 9.78 Å². The highest BCUT2D eigenvalue weighted by Gasteiger charge is 2.27. The minimum Gasteiger partial charge on any atom is -0.477 e. The molecule has 0 aliphatic heterocycles. The fraction of sp³-hybridized carbons (Fsp3) is 0.182. The molecule has 2 heterocycles. The normalized spacial score (nSPS) is 11.7. The Balaban J connectivity index is 0.00000242. The van der Waals surface area contributed by atoms with Crippen molar-refractivity contribution >= 4 is 62.1 Å². The maximum atomic E-state index is 11.4. The zero-order valence-corrected chi connectivity index (χ0v) is 14.9. The molecule has 2 aromatic heterocycles. The number of carbonyl (C=O) groups is 2. The van der Waals surface area contributed by atoms with E-state index in [1.54, 1.807) is 0 Å². The van der Waals surface area contributed by atoms with Crippen molar-refractivity contribution in [3.8, 4) is 0 Å². The predicted octanol–water partition coefficient (Wildman–Crippen LogP) is 1.90. The molecule has 22 heavy (non-hydrogen) atoms. The number of nitrogen functional groups attached to an aromatic ring is 1. The number of nitrogens with two attached hydrogens (primary N) is 2. The number of hydrogen-bond acceptors (Lipinski definition) is 4. The van der Waals surface area contributed by atoms with Gasteiger partial charge in [-0.2, -0.15) is 0 Å². The molecule has 0 aliphatic carbocycles. The van der Waals surface area contributed by atoms with Crippen molar-refractivity contribution < 1.29 is 14.7 Å². The quantitative estimate of drug-likeness (QED) is 0.543. The number of rotatable bonds is 5. The summed E-state index contributed by atoms with van der Waals surface area (Å²) in [5.74, 6) is -1.56. The largest absolute Gasteiger partial charge is 0.477 e. The number of H-pyrrole nitrogens is 1. The van der Waals surface area contributed by atoms with Crippen molar-refractivity contribution in [1.29, 1.82) is 0 Å². The summed E-state index contributed by atoms with van der Waals surface area (Å²) in [5, 5.41) is 9.31. The van der Waals surface area contributed by atoms with Crippen LogP contribution in [0.25, 0.3) is 0 Å². The minimum absolute atomic E-state index is 0. The molecule has 0 aromatic carbocycles. The first-order valence-corrected chi connectivity index (χ1v) is 7.28. The van der Waals surface area contributed by atoms with Crippen molar-refractivity contribution in [1.82, 2.24) is 14.5 Å². The molecule has 1 atom stereocenters. The molecule has 0 saturated heterocycles. The Morgan fingerprint density at radius 3 is 2.55 bits per heavy atom. The Morgan fingerprint density at radius 2 is 2.09 bits per heavy atom. The molecule has 0 aliphatic rings. The summed E-state index contributed by atoms with van der Waals surface area (Å²) >= 11 is 6.54. The smallest absolute Gasteiger partial charge is 0.352 e. The van der Waals surface area contributed by atoms with Crippen LogP contribution in [-0.4, -0.2) is 31.5 Å². The highest BCUT2D eigenvalue weighted by atomic mass is 79.9. The predicted molar refractivity (Wildman–Crippen MR) is 89.0 cm³/mol. The van der Waals surface area contributed by atoms with E-state index in [0.717, 1.165) is 0 Å². The van der Waals surface area contributed by atoms with Gasteiger partial charge >= 0.3 is 5.97 Å². The Kier molecular flexibility index (Phi) is 6.03. The highest BCUT2D eigenvalue weighted by Crippen LogP contribution is 2.34. The molecule has 1 amide bonds. The number of amides is 1. The lowest BCUT2D eigenvalue weighted by Crippen LogP contribution is -2.23. The molecule has 8 nitrogen and oxygen atoms in total. The maximum Gasteiger partial charge on any atom is 0.352 e. The van der Waals surface area contributed by atoms with Crippen LogP contribution in [0, 0.1) is 0 Å². The van der Waals surface area contributed by atoms with Gasteiger partial charge < -0.3 is 26.1 Å². The first-order chi connectivity index (χ1) is 9.81. The number of primary amides is 1. The second kappa shape index (κ2) is 7.16. The second-order valence-corrected chi connectivity index (χ2v) is 5.85. The Hall–Kier alpha value is -1.52. The fourth-order valence-electron chi connectivity index (χ4n) is 1.98. The molecule has 6 N–H and O–H groups in total. The van der Waals surface area contributed by atoms with E-state index in [-0.39, 0.29) is 30.5 Å². The maximum absolute atomic E-state index is 11.4. The second-order valence-electron chi connectivity index (χ2n) is 4.24. The number of aromatic amines is 1. The van der Waals surface area contributed by atoms with Crippen LogP contribution < -0.4 is 11.5 Å². The highest BCUT2D eigenvalue weighted by molar-refractivity contribution is 9.13. The topological polar surface area (TPSA) is 140 Å². The van der Waals surface area contributed by atoms with Gasteiger partial charge in [-0.05, 0) is 37.9 Å². The Labute approximate surface area is 147 Å². The number of carbonyl (C=O) groups excluding carboxylic acids is 1. The molecular formula is C11H12Br2ClN5O3. The van der Waals surface area contributed by atoms with E-state index in [1.807, 2.05) is 0 Å². The molecule has 11 heteroatoms. The molecule has 0 fully saturated rings. The average Bonchev–Trinajstić information content (AvgIpc) is 2.93. The van der Waals surface area contributed by atoms with E-state index in [4.69, 9.17) is 11.5 Å². The summed E-state index contributed by atoms with van der Waals surface area (Å²) in [5.41, 5.74) is 11.2. The molecule has 0 saturated carbocycles. The number of carboxylic acids is 1. The van der Waals surface area contributed by atoms with Crippen LogP contribution in [0.1, 0.15) is 28.6 Å². The van der Waals surface area contributed by atoms with Gasteiger partial charge in [0.05, 0.1) is 22.6 Å². The van der Waals surface area contributed by atoms with Crippen LogP contribution in [0.5, 0.6) is 0 Å². The summed E-state index contributed by atoms with van der Waals surface area (Å²) in [6.07, 6.45) is 1.39. The van der Waals surface area contributed by atoms with Gasteiger partial charge in [0.25, 0.3) is 0 Å². The third-order valence-electron chi connectivity index (χ3n) is 2.82. The van der Waals surface area contributed by atoms with E-state index < -0.39 is 17.9 Å². The molecule has 0 radical (unpaired) electrons. The molecule has 1 unspecified atom stereocenters. The van der Waals surface area contributed by atoms with Crippen LogP contribution in [0.15, 0.2) is 21.3 Å². The van der Waals surface area contributed by atoms with E-state index in [9.17, 15) is 14.7 Å². The van der Waals surface area contributed by atoms with Crippen LogP contribution >= 0.6 is 44.3 Å². The number of halogens is 3. The van der Waals surface area contributed by atoms with Gasteiger partial charge in [0.15, 0.2) is 5.95 Å². The number of aromatic carboxylic acids is 1. The van der Waals surface area contributed by atoms with Crippen LogP contribution in [0.2, 0.25) is 0 Å². The third kappa shape index (κ3) is 3.62. The standard InChI is InChI=1S/C11H11Br2N5O3.ClH/c12-4-1-7(10(20)21)18(9(4)13)6(2-8(14)19)5-3-16-11(15)17-5;/h1,3,6H,2H2,(H2,14,19)(H,20,21)(H3,15,16,17);1H. The van der Waals surface area contributed by atoms with Crippen LogP contribution in [0.4, 0.5) is 5.95 Å². The SMILES string of the molecule is Cl.NC(=O)CC(c1c[nH]c(N)n1)n1c(C(=O)O)cc(Br)c1Br. The van der Waals surface area contributed by atoms with Gasteiger partial charge in [-0.3, -0.25) is 4.79 Å². The number of carboxylic acid groups (broad SMARTS) is 1. The van der Waals surface area contributed by atoms with Gasteiger partial charge in [0.1, 0.15) is 10.3 Å². The summed E-state index contributed by atoms with van der Waals surface area (Å²) in [6.45, 7) is 0. The van der Waals surface area contributed by atoms with E-state index in [2.05, 4.69) is 41.8 Å². The fourth-order valence-corrected chi connectivity index (χ4v) is 2.94. The lowest BCUT2D eigenvalue weighted by Gasteiger charge is -2.18. The van der Waals surface area contributed by atoms with Crippen molar-refractivity contribution in [2.45, 2.75) is 12.5 Å². The van der Waals surface area contributed by atoms with Crippen LogP contribution in [-0.2, 0) is 4.79 Å².